The number of phenols is 1. The monoisotopic (exact) mass is 358 g/mol. The molecule has 4 rings (SSSR count). The predicted molar refractivity (Wildman–Crippen MR) is 101 cm³/mol. The number of rotatable bonds is 3. The molecule has 0 bridgehead atoms. The fourth-order valence-electron chi connectivity index (χ4n) is 2.74. The SMILES string of the molecule is O=C(Oc1ccc(-c2cc(=O)c3cc(O)ccc3[nH]2)cc1)c1cccnc1. The topological polar surface area (TPSA) is 92.3 Å². The molecule has 0 amide bonds. The number of carbonyl (C=O) groups excluding carboxylic acids is 1. The first-order valence-corrected chi connectivity index (χ1v) is 8.19. The van der Waals surface area contributed by atoms with Crippen molar-refractivity contribution < 1.29 is 14.6 Å². The van der Waals surface area contributed by atoms with Crippen molar-refractivity contribution in [3.63, 3.8) is 0 Å². The Hall–Kier alpha value is -3.93. The lowest BCUT2D eigenvalue weighted by molar-refractivity contribution is 0.0734. The van der Waals surface area contributed by atoms with Gasteiger partial charge in [0.2, 0.25) is 0 Å². The highest BCUT2D eigenvalue weighted by molar-refractivity contribution is 5.90. The average Bonchev–Trinajstić information content (AvgIpc) is 2.69. The van der Waals surface area contributed by atoms with E-state index >= 15 is 0 Å². The quantitative estimate of drug-likeness (QED) is 0.432. The molecule has 0 aliphatic carbocycles. The van der Waals surface area contributed by atoms with Crippen molar-refractivity contribution in [3.05, 3.63) is 88.8 Å². The first-order valence-electron chi connectivity index (χ1n) is 8.19. The average molecular weight is 358 g/mol. The van der Waals surface area contributed by atoms with Crippen LogP contribution in [-0.2, 0) is 0 Å². The Balaban J connectivity index is 1.61. The first-order chi connectivity index (χ1) is 13.1. The second-order valence-electron chi connectivity index (χ2n) is 5.93. The highest BCUT2D eigenvalue weighted by atomic mass is 16.5. The molecule has 0 unspecified atom stereocenters. The molecule has 0 aliphatic rings. The number of aromatic amines is 1. The van der Waals surface area contributed by atoms with Gasteiger partial charge in [0.1, 0.15) is 11.5 Å². The maximum absolute atomic E-state index is 12.3. The van der Waals surface area contributed by atoms with Crippen molar-refractivity contribution in [1.82, 2.24) is 9.97 Å². The number of esters is 1. The molecular weight excluding hydrogens is 344 g/mol. The molecule has 0 fully saturated rings. The molecule has 6 nitrogen and oxygen atoms in total. The summed E-state index contributed by atoms with van der Waals surface area (Å²) in [5.74, 6) is -0.0593. The van der Waals surface area contributed by atoms with Gasteiger partial charge in [-0.25, -0.2) is 4.79 Å². The maximum atomic E-state index is 12.3. The van der Waals surface area contributed by atoms with E-state index in [1.54, 1.807) is 48.7 Å². The number of nitrogens with zero attached hydrogens (tertiary/aromatic N) is 1. The van der Waals surface area contributed by atoms with Gasteiger partial charge in [-0.3, -0.25) is 9.78 Å². The van der Waals surface area contributed by atoms with E-state index < -0.39 is 5.97 Å². The lowest BCUT2D eigenvalue weighted by Crippen LogP contribution is -2.08. The molecule has 2 heterocycles. The van der Waals surface area contributed by atoms with Crippen LogP contribution in [0.4, 0.5) is 0 Å². The van der Waals surface area contributed by atoms with E-state index in [0.717, 1.165) is 5.56 Å². The van der Waals surface area contributed by atoms with Gasteiger partial charge in [0.05, 0.1) is 5.56 Å². The van der Waals surface area contributed by atoms with Crippen LogP contribution in [0.15, 0.2) is 77.9 Å². The molecule has 2 aromatic carbocycles. The molecule has 27 heavy (non-hydrogen) atoms. The number of fused-ring (bicyclic) bond motifs is 1. The van der Waals surface area contributed by atoms with Crippen LogP contribution in [-0.4, -0.2) is 21.0 Å². The summed E-state index contributed by atoms with van der Waals surface area (Å²) >= 11 is 0. The molecule has 0 aliphatic heterocycles. The number of aromatic hydroxyl groups is 1. The Bertz CT molecular complexity index is 1180. The fraction of sp³-hybridized carbons (Fsp3) is 0. The van der Waals surface area contributed by atoms with E-state index in [4.69, 9.17) is 4.74 Å². The van der Waals surface area contributed by atoms with Crippen LogP contribution < -0.4 is 10.2 Å². The summed E-state index contributed by atoms with van der Waals surface area (Å²) in [5.41, 5.74) is 2.19. The minimum absolute atomic E-state index is 0.0422. The third kappa shape index (κ3) is 3.41. The number of H-pyrrole nitrogens is 1. The Morgan fingerprint density at radius 2 is 1.85 bits per heavy atom. The van der Waals surface area contributed by atoms with Crippen LogP contribution in [0.3, 0.4) is 0 Å². The second kappa shape index (κ2) is 6.76. The van der Waals surface area contributed by atoms with Gasteiger partial charge in [-0.15, -0.1) is 0 Å². The highest BCUT2D eigenvalue weighted by Gasteiger charge is 2.09. The van der Waals surface area contributed by atoms with Gasteiger partial charge in [0, 0.05) is 35.1 Å². The smallest absolute Gasteiger partial charge is 0.345 e. The van der Waals surface area contributed by atoms with Crippen molar-refractivity contribution >= 4 is 16.9 Å². The van der Waals surface area contributed by atoms with Gasteiger partial charge in [-0.1, -0.05) is 0 Å². The molecule has 2 N–H and O–H groups in total. The number of hydrogen-bond acceptors (Lipinski definition) is 5. The molecular formula is C21H14N2O4. The van der Waals surface area contributed by atoms with E-state index in [1.165, 1.54) is 24.4 Å². The zero-order valence-corrected chi connectivity index (χ0v) is 14.0. The third-order valence-corrected chi connectivity index (χ3v) is 4.09. The predicted octanol–water partition coefficient (Wildman–Crippen LogP) is 3.51. The highest BCUT2D eigenvalue weighted by Crippen LogP contribution is 2.23. The molecule has 132 valence electrons. The standard InChI is InChI=1S/C21H14N2O4/c24-15-5-8-18-17(10-15)20(25)11-19(23-18)13-3-6-16(7-4-13)27-21(26)14-2-1-9-22-12-14/h1-12,24H,(H,23,25). The molecule has 0 atom stereocenters. The Morgan fingerprint density at radius 1 is 1.04 bits per heavy atom. The number of ether oxygens (including phenoxy) is 1. The van der Waals surface area contributed by atoms with Crippen molar-refractivity contribution in [2.24, 2.45) is 0 Å². The summed E-state index contributed by atoms with van der Waals surface area (Å²) in [7, 11) is 0. The maximum Gasteiger partial charge on any atom is 0.345 e. The van der Waals surface area contributed by atoms with E-state index in [0.29, 0.717) is 27.9 Å². The zero-order chi connectivity index (χ0) is 18.8. The van der Waals surface area contributed by atoms with Crippen molar-refractivity contribution in [2.45, 2.75) is 0 Å². The molecule has 2 aromatic heterocycles. The van der Waals surface area contributed by atoms with Crippen LogP contribution >= 0.6 is 0 Å². The van der Waals surface area contributed by atoms with Gasteiger partial charge in [0.15, 0.2) is 5.43 Å². The van der Waals surface area contributed by atoms with Crippen molar-refractivity contribution in [2.75, 3.05) is 0 Å². The van der Waals surface area contributed by atoms with Gasteiger partial charge >= 0.3 is 5.97 Å². The summed E-state index contributed by atoms with van der Waals surface area (Å²) in [5, 5.41) is 9.95. The second-order valence-corrected chi connectivity index (χ2v) is 5.93. The van der Waals surface area contributed by atoms with E-state index in [1.807, 2.05) is 0 Å². The summed E-state index contributed by atoms with van der Waals surface area (Å²) in [6.07, 6.45) is 3.02. The largest absolute Gasteiger partial charge is 0.508 e. The minimum Gasteiger partial charge on any atom is -0.508 e. The summed E-state index contributed by atoms with van der Waals surface area (Å²) < 4.78 is 5.32. The fourth-order valence-corrected chi connectivity index (χ4v) is 2.74. The van der Waals surface area contributed by atoms with E-state index in [2.05, 4.69) is 9.97 Å². The summed E-state index contributed by atoms with van der Waals surface area (Å²) in [6.45, 7) is 0. The number of phenolic OH excluding ortho intramolecular Hbond substituents is 1. The van der Waals surface area contributed by atoms with Gasteiger partial charge in [-0.2, -0.15) is 0 Å². The molecule has 0 saturated heterocycles. The molecule has 0 saturated carbocycles. The number of aromatic nitrogens is 2. The molecule has 0 spiro atoms. The molecule has 4 aromatic rings. The van der Waals surface area contributed by atoms with Crippen LogP contribution in [0.2, 0.25) is 0 Å². The van der Waals surface area contributed by atoms with Crippen LogP contribution in [0.5, 0.6) is 11.5 Å². The van der Waals surface area contributed by atoms with Crippen molar-refractivity contribution in [3.8, 4) is 22.8 Å². The van der Waals surface area contributed by atoms with Gasteiger partial charge in [-0.05, 0) is 60.2 Å². The zero-order valence-electron chi connectivity index (χ0n) is 14.0. The summed E-state index contributed by atoms with van der Waals surface area (Å²) in [6, 6.07) is 16.2. The number of benzene rings is 2. The Morgan fingerprint density at radius 3 is 2.59 bits per heavy atom. The molecule has 0 radical (unpaired) electrons. The lowest BCUT2D eigenvalue weighted by atomic mass is 10.1. The first kappa shape index (κ1) is 16.5. The Kier molecular flexibility index (Phi) is 4.14. The van der Waals surface area contributed by atoms with Crippen molar-refractivity contribution in [1.29, 1.82) is 0 Å². The van der Waals surface area contributed by atoms with Crippen LogP contribution in [0, 0.1) is 0 Å². The third-order valence-electron chi connectivity index (χ3n) is 4.09. The normalized spacial score (nSPS) is 10.7. The van der Waals surface area contributed by atoms with E-state index in [-0.39, 0.29) is 11.2 Å². The number of nitrogens with one attached hydrogen (secondary N) is 1. The van der Waals surface area contributed by atoms with Gasteiger partial charge in [0.25, 0.3) is 0 Å². The number of pyridine rings is 2. The summed E-state index contributed by atoms with van der Waals surface area (Å²) in [4.78, 5) is 31.4. The van der Waals surface area contributed by atoms with E-state index in [9.17, 15) is 14.7 Å². The van der Waals surface area contributed by atoms with Crippen LogP contribution in [0.25, 0.3) is 22.2 Å². The number of hydrogen-bond donors (Lipinski definition) is 2. The Labute approximate surface area is 153 Å². The molecule has 6 heteroatoms. The van der Waals surface area contributed by atoms with Gasteiger partial charge < -0.3 is 14.8 Å². The lowest BCUT2D eigenvalue weighted by Gasteiger charge is -2.07. The number of carbonyl (C=O) groups is 1. The van der Waals surface area contributed by atoms with Crippen LogP contribution in [0.1, 0.15) is 10.4 Å². The minimum atomic E-state index is -0.491.